The normalized spacial score (nSPS) is 12.4. The van der Waals surface area contributed by atoms with Crippen LogP contribution in [0.5, 0.6) is 0 Å². The van der Waals surface area contributed by atoms with Gasteiger partial charge in [0.1, 0.15) is 6.04 Å². The Balaban J connectivity index is 2.25. The van der Waals surface area contributed by atoms with Gasteiger partial charge in [-0.25, -0.2) is 8.42 Å². The number of nitrogens with one attached hydrogen (secondary N) is 1. The SMILES string of the molecule is CCCNC(=O)[C@H](C)N(Cc1cccc(Br)c1)C(=O)CN(C)S(=O)(=O)c1ccc(C)cc1. The predicted molar refractivity (Wildman–Crippen MR) is 128 cm³/mol. The summed E-state index contributed by atoms with van der Waals surface area (Å²) in [5.41, 5.74) is 1.77. The van der Waals surface area contributed by atoms with Gasteiger partial charge < -0.3 is 10.2 Å². The highest BCUT2D eigenvalue weighted by molar-refractivity contribution is 9.10. The van der Waals surface area contributed by atoms with E-state index in [0.717, 1.165) is 26.3 Å². The quantitative estimate of drug-likeness (QED) is 0.517. The molecule has 174 valence electrons. The maximum atomic E-state index is 13.2. The van der Waals surface area contributed by atoms with Crippen LogP contribution in [0.25, 0.3) is 0 Å². The first-order valence-corrected chi connectivity index (χ1v) is 12.6. The van der Waals surface area contributed by atoms with E-state index in [2.05, 4.69) is 21.2 Å². The molecule has 1 atom stereocenters. The van der Waals surface area contributed by atoms with Gasteiger partial charge >= 0.3 is 0 Å². The minimum absolute atomic E-state index is 0.116. The van der Waals surface area contributed by atoms with Crippen molar-refractivity contribution in [3.63, 3.8) is 0 Å². The molecule has 0 fully saturated rings. The van der Waals surface area contributed by atoms with Gasteiger partial charge in [-0.2, -0.15) is 4.31 Å². The number of sulfonamides is 1. The number of carbonyl (C=O) groups excluding carboxylic acids is 2. The lowest BCUT2D eigenvalue weighted by Crippen LogP contribution is -2.50. The Morgan fingerprint density at radius 2 is 1.78 bits per heavy atom. The van der Waals surface area contributed by atoms with Crippen LogP contribution in [0.3, 0.4) is 0 Å². The molecule has 0 heterocycles. The average Bonchev–Trinajstić information content (AvgIpc) is 2.75. The molecule has 2 amide bonds. The van der Waals surface area contributed by atoms with Crippen molar-refractivity contribution in [2.45, 2.75) is 44.7 Å². The van der Waals surface area contributed by atoms with Crippen LogP contribution in [0.15, 0.2) is 57.9 Å². The molecule has 0 aliphatic carbocycles. The molecule has 0 spiro atoms. The minimum atomic E-state index is -3.85. The van der Waals surface area contributed by atoms with Crippen molar-refractivity contribution in [1.82, 2.24) is 14.5 Å². The zero-order valence-corrected chi connectivity index (χ0v) is 21.2. The zero-order valence-electron chi connectivity index (χ0n) is 18.8. The molecule has 2 aromatic rings. The lowest BCUT2D eigenvalue weighted by Gasteiger charge is -2.30. The Hall–Kier alpha value is -2.23. The number of benzene rings is 2. The molecular formula is C23H30BrN3O4S. The van der Waals surface area contributed by atoms with Crippen LogP contribution >= 0.6 is 15.9 Å². The van der Waals surface area contributed by atoms with Crippen molar-refractivity contribution in [3.05, 3.63) is 64.1 Å². The predicted octanol–water partition coefficient (Wildman–Crippen LogP) is 3.32. The molecule has 0 saturated carbocycles. The molecule has 9 heteroatoms. The van der Waals surface area contributed by atoms with Gasteiger partial charge in [-0.05, 0) is 50.1 Å². The highest BCUT2D eigenvalue weighted by Crippen LogP contribution is 2.18. The standard InChI is InChI=1S/C23H30BrN3O4S/c1-5-13-25-23(29)18(3)27(15-19-7-6-8-20(24)14-19)22(28)16-26(4)32(30,31)21-11-9-17(2)10-12-21/h6-12,14,18H,5,13,15-16H2,1-4H3,(H,25,29)/t18-/m0/s1. The summed E-state index contributed by atoms with van der Waals surface area (Å²) in [5.74, 6) is -0.735. The van der Waals surface area contributed by atoms with Gasteiger partial charge in [-0.15, -0.1) is 0 Å². The molecular weight excluding hydrogens is 494 g/mol. The van der Waals surface area contributed by atoms with Crippen molar-refractivity contribution >= 4 is 37.8 Å². The molecule has 7 nitrogen and oxygen atoms in total. The third-order valence-electron chi connectivity index (χ3n) is 5.05. The van der Waals surface area contributed by atoms with Gasteiger partial charge in [-0.1, -0.05) is 52.7 Å². The molecule has 0 unspecified atom stereocenters. The molecule has 2 rings (SSSR count). The highest BCUT2D eigenvalue weighted by Gasteiger charge is 2.30. The van der Waals surface area contributed by atoms with Crippen LogP contribution in [-0.2, 0) is 26.2 Å². The van der Waals surface area contributed by atoms with Gasteiger partial charge in [0.05, 0.1) is 11.4 Å². The van der Waals surface area contributed by atoms with E-state index in [1.807, 2.05) is 38.1 Å². The largest absolute Gasteiger partial charge is 0.354 e. The summed E-state index contributed by atoms with van der Waals surface area (Å²) >= 11 is 3.42. The zero-order chi connectivity index (χ0) is 23.9. The number of hydrogen-bond donors (Lipinski definition) is 1. The maximum Gasteiger partial charge on any atom is 0.243 e. The van der Waals surface area contributed by atoms with E-state index in [0.29, 0.717) is 6.54 Å². The van der Waals surface area contributed by atoms with E-state index >= 15 is 0 Å². The van der Waals surface area contributed by atoms with Gasteiger partial charge in [-0.3, -0.25) is 9.59 Å². The molecule has 2 aromatic carbocycles. The number of likely N-dealkylation sites (N-methyl/N-ethyl adjacent to an activating group) is 1. The number of hydrogen-bond acceptors (Lipinski definition) is 4. The van der Waals surface area contributed by atoms with Gasteiger partial charge in [0.25, 0.3) is 0 Å². The summed E-state index contributed by atoms with van der Waals surface area (Å²) < 4.78 is 27.7. The Labute approximate surface area is 199 Å². The van der Waals surface area contributed by atoms with E-state index < -0.39 is 22.0 Å². The first-order chi connectivity index (χ1) is 15.1. The number of carbonyl (C=O) groups is 2. The molecule has 0 aliphatic heterocycles. The van der Waals surface area contributed by atoms with Crippen molar-refractivity contribution in [2.24, 2.45) is 0 Å². The van der Waals surface area contributed by atoms with Crippen LogP contribution < -0.4 is 5.32 Å². The molecule has 0 saturated heterocycles. The number of rotatable bonds is 10. The van der Waals surface area contributed by atoms with E-state index in [1.54, 1.807) is 19.1 Å². The van der Waals surface area contributed by atoms with E-state index in [9.17, 15) is 18.0 Å². The summed E-state index contributed by atoms with van der Waals surface area (Å²) in [4.78, 5) is 27.3. The molecule has 32 heavy (non-hydrogen) atoms. The van der Waals surface area contributed by atoms with Crippen LogP contribution in [0.1, 0.15) is 31.4 Å². The smallest absolute Gasteiger partial charge is 0.243 e. The Morgan fingerprint density at radius 3 is 2.38 bits per heavy atom. The summed E-state index contributed by atoms with van der Waals surface area (Å²) in [6.45, 7) is 5.76. The van der Waals surface area contributed by atoms with Crippen molar-refractivity contribution in [3.8, 4) is 0 Å². The molecule has 0 aromatic heterocycles. The van der Waals surface area contributed by atoms with Crippen LogP contribution in [0.2, 0.25) is 0 Å². The van der Waals surface area contributed by atoms with E-state index in [1.165, 1.54) is 24.1 Å². The van der Waals surface area contributed by atoms with Crippen molar-refractivity contribution in [1.29, 1.82) is 0 Å². The number of nitrogens with zero attached hydrogens (tertiary/aromatic N) is 2. The van der Waals surface area contributed by atoms with E-state index in [-0.39, 0.29) is 23.9 Å². The second kappa shape index (κ2) is 11.6. The highest BCUT2D eigenvalue weighted by atomic mass is 79.9. The topological polar surface area (TPSA) is 86.8 Å². The Kier molecular flexibility index (Phi) is 9.42. The maximum absolute atomic E-state index is 13.2. The monoisotopic (exact) mass is 523 g/mol. The van der Waals surface area contributed by atoms with Crippen LogP contribution in [0, 0.1) is 6.92 Å². The number of aryl methyl sites for hydroxylation is 1. The van der Waals surface area contributed by atoms with Gasteiger partial charge in [0.2, 0.25) is 21.8 Å². The fourth-order valence-electron chi connectivity index (χ4n) is 3.07. The Morgan fingerprint density at radius 1 is 1.12 bits per heavy atom. The lowest BCUT2D eigenvalue weighted by molar-refractivity contribution is -0.140. The number of halogens is 1. The molecule has 0 radical (unpaired) electrons. The summed E-state index contributed by atoms with van der Waals surface area (Å²) in [7, 11) is -2.48. The van der Waals surface area contributed by atoms with Crippen molar-refractivity contribution in [2.75, 3.05) is 20.1 Å². The third kappa shape index (κ3) is 6.88. The average molecular weight is 524 g/mol. The lowest BCUT2D eigenvalue weighted by atomic mass is 10.1. The third-order valence-corrected chi connectivity index (χ3v) is 7.36. The van der Waals surface area contributed by atoms with Gasteiger partial charge in [0, 0.05) is 24.6 Å². The van der Waals surface area contributed by atoms with Crippen molar-refractivity contribution < 1.29 is 18.0 Å². The second-order valence-corrected chi connectivity index (χ2v) is 10.7. The summed E-state index contributed by atoms with van der Waals surface area (Å²) in [6.07, 6.45) is 0.773. The fourth-order valence-corrected chi connectivity index (χ4v) is 4.63. The number of amides is 2. The Bertz CT molecular complexity index is 1040. The second-order valence-electron chi connectivity index (χ2n) is 7.69. The molecule has 1 N–H and O–H groups in total. The van der Waals surface area contributed by atoms with E-state index in [4.69, 9.17) is 0 Å². The van der Waals surface area contributed by atoms with Crippen LogP contribution in [-0.4, -0.2) is 55.6 Å². The fraction of sp³-hybridized carbons (Fsp3) is 0.391. The molecule has 0 aliphatic rings. The van der Waals surface area contributed by atoms with Gasteiger partial charge in [0.15, 0.2) is 0 Å². The molecule has 0 bridgehead atoms. The van der Waals surface area contributed by atoms with Crippen LogP contribution in [0.4, 0.5) is 0 Å². The minimum Gasteiger partial charge on any atom is -0.354 e. The summed E-state index contributed by atoms with van der Waals surface area (Å²) in [6, 6.07) is 13.1. The first-order valence-electron chi connectivity index (χ1n) is 10.4. The first kappa shape index (κ1) is 26.0. The summed E-state index contributed by atoms with van der Waals surface area (Å²) in [5, 5.41) is 2.81.